The van der Waals surface area contributed by atoms with E-state index in [1.807, 2.05) is 0 Å². The van der Waals surface area contributed by atoms with Crippen molar-refractivity contribution in [1.82, 2.24) is 10.5 Å². The van der Waals surface area contributed by atoms with Crippen LogP contribution in [0.15, 0.2) is 34.9 Å². The van der Waals surface area contributed by atoms with Gasteiger partial charge in [-0.15, -0.1) is 0 Å². The topological polar surface area (TPSA) is 118 Å². The summed E-state index contributed by atoms with van der Waals surface area (Å²) in [6, 6.07) is 5.55. The van der Waals surface area contributed by atoms with E-state index in [1.165, 1.54) is 30.3 Å². The van der Waals surface area contributed by atoms with Crippen molar-refractivity contribution in [3.8, 4) is 11.3 Å². The first-order valence-corrected chi connectivity index (χ1v) is 7.03. The molecule has 0 saturated carbocycles. The number of rotatable bonds is 7. The second-order valence-corrected chi connectivity index (χ2v) is 5.08. The molecule has 2 aromatic rings. The summed E-state index contributed by atoms with van der Waals surface area (Å²) in [6.07, 6.45) is -4.84. The molecule has 2 unspecified atom stereocenters. The number of halogens is 3. The zero-order valence-electron chi connectivity index (χ0n) is 12.7. The van der Waals surface area contributed by atoms with Crippen LogP contribution in [0.3, 0.4) is 0 Å². The molecule has 2 amide bonds. The summed E-state index contributed by atoms with van der Waals surface area (Å²) < 4.78 is 42.3. The third-order valence-corrected chi connectivity index (χ3v) is 3.37. The molecule has 4 N–H and O–H groups in total. The highest BCUT2D eigenvalue weighted by Crippen LogP contribution is 2.24. The number of aromatic nitrogens is 1. The van der Waals surface area contributed by atoms with E-state index in [-0.39, 0.29) is 17.0 Å². The lowest BCUT2D eigenvalue weighted by Gasteiger charge is -2.21. The van der Waals surface area contributed by atoms with Gasteiger partial charge in [-0.3, -0.25) is 9.59 Å². The van der Waals surface area contributed by atoms with Crippen molar-refractivity contribution >= 4 is 11.8 Å². The highest BCUT2D eigenvalue weighted by molar-refractivity contribution is 5.91. The quantitative estimate of drug-likeness (QED) is 0.688. The van der Waals surface area contributed by atoms with E-state index in [0.717, 1.165) is 0 Å². The monoisotopic (exact) mass is 357 g/mol. The van der Waals surface area contributed by atoms with Crippen LogP contribution >= 0.6 is 0 Å². The predicted octanol–water partition coefficient (Wildman–Crippen LogP) is 1.19. The fourth-order valence-electron chi connectivity index (χ4n) is 2.05. The first kappa shape index (κ1) is 18.5. The van der Waals surface area contributed by atoms with Crippen molar-refractivity contribution in [2.24, 2.45) is 5.73 Å². The lowest BCUT2D eigenvalue weighted by atomic mass is 10.0. The molecule has 0 aliphatic rings. The van der Waals surface area contributed by atoms with Crippen molar-refractivity contribution in [3.63, 3.8) is 0 Å². The number of amides is 2. The molecule has 134 valence electrons. The Bertz CT molecular complexity index is 749. The summed E-state index contributed by atoms with van der Waals surface area (Å²) in [7, 11) is 0. The van der Waals surface area contributed by atoms with E-state index in [9.17, 15) is 27.9 Å². The number of alkyl halides is 3. The van der Waals surface area contributed by atoms with Gasteiger partial charge in [0.2, 0.25) is 0 Å². The van der Waals surface area contributed by atoms with Crippen molar-refractivity contribution in [2.75, 3.05) is 6.67 Å². The summed E-state index contributed by atoms with van der Waals surface area (Å²) in [5, 5.41) is 15.3. The first-order chi connectivity index (χ1) is 11.8. The number of carbonyl (C=O) groups excluding carboxylic acids is 2. The Morgan fingerprint density at radius 1 is 1.28 bits per heavy atom. The molecule has 1 aromatic carbocycles. The average molecular weight is 357 g/mol. The minimum atomic E-state index is -3.31. The van der Waals surface area contributed by atoms with Crippen molar-refractivity contribution in [1.29, 1.82) is 0 Å². The normalized spacial score (nSPS) is 13.5. The Morgan fingerprint density at radius 3 is 2.40 bits per heavy atom. The fraction of sp³-hybridized carbons (Fsp3) is 0.267. The number of primary amides is 1. The van der Waals surface area contributed by atoms with Gasteiger partial charge in [0.1, 0.15) is 12.8 Å². The van der Waals surface area contributed by atoms with Gasteiger partial charge in [0.15, 0.2) is 11.5 Å². The molecule has 0 saturated heterocycles. The number of nitrogens with two attached hydrogens (primary N) is 1. The standard InChI is InChI=1S/C15H14F3N3O4/c16-6-10(20-15(24)13(17)18)12(22)8-3-1-7(2-4-8)11-5-9(14(19)23)21-25-11/h1-5,10,12-13,22H,6H2,(H2,19,23)(H,20,24). The summed E-state index contributed by atoms with van der Waals surface area (Å²) in [5.74, 6) is -2.19. The second kappa shape index (κ2) is 7.79. The molecule has 7 nitrogen and oxygen atoms in total. The van der Waals surface area contributed by atoms with Crippen molar-refractivity contribution < 1.29 is 32.4 Å². The Labute approximate surface area is 139 Å². The molecule has 2 rings (SSSR count). The Morgan fingerprint density at radius 2 is 1.92 bits per heavy atom. The number of hydrogen-bond acceptors (Lipinski definition) is 5. The SMILES string of the molecule is NC(=O)c1cc(-c2ccc(C(O)C(CF)NC(=O)C(F)F)cc2)on1. The van der Waals surface area contributed by atoms with Crippen LogP contribution in [0.25, 0.3) is 11.3 Å². The molecule has 1 heterocycles. The van der Waals surface area contributed by atoms with Gasteiger partial charge in [0.25, 0.3) is 11.8 Å². The smallest absolute Gasteiger partial charge is 0.315 e. The molecule has 0 bridgehead atoms. The van der Waals surface area contributed by atoms with Crippen LogP contribution in [0.1, 0.15) is 22.2 Å². The van der Waals surface area contributed by atoms with Gasteiger partial charge in [-0.2, -0.15) is 8.78 Å². The average Bonchev–Trinajstić information content (AvgIpc) is 3.09. The number of nitrogens with zero attached hydrogens (tertiary/aromatic N) is 1. The maximum Gasteiger partial charge on any atom is 0.315 e. The van der Waals surface area contributed by atoms with Gasteiger partial charge in [0.05, 0.1) is 6.04 Å². The van der Waals surface area contributed by atoms with E-state index < -0.39 is 37.1 Å². The van der Waals surface area contributed by atoms with E-state index >= 15 is 0 Å². The van der Waals surface area contributed by atoms with Crippen LogP contribution in [0.2, 0.25) is 0 Å². The lowest BCUT2D eigenvalue weighted by molar-refractivity contribution is -0.133. The van der Waals surface area contributed by atoms with Gasteiger partial charge >= 0.3 is 6.43 Å². The molecule has 0 fully saturated rings. The number of carbonyl (C=O) groups is 2. The summed E-state index contributed by atoms with van der Waals surface area (Å²) in [5.41, 5.74) is 5.68. The fourth-order valence-corrected chi connectivity index (χ4v) is 2.05. The van der Waals surface area contributed by atoms with Gasteiger partial charge in [-0.05, 0) is 5.56 Å². The van der Waals surface area contributed by atoms with Crippen LogP contribution in [0.5, 0.6) is 0 Å². The highest BCUT2D eigenvalue weighted by atomic mass is 19.3. The van der Waals surface area contributed by atoms with Gasteiger partial charge in [-0.1, -0.05) is 29.4 Å². The summed E-state index contributed by atoms with van der Waals surface area (Å²) in [6.45, 7) is -1.23. The number of benzene rings is 1. The third-order valence-electron chi connectivity index (χ3n) is 3.37. The van der Waals surface area contributed by atoms with Crippen LogP contribution in [0.4, 0.5) is 13.2 Å². The van der Waals surface area contributed by atoms with Gasteiger partial charge in [0, 0.05) is 11.6 Å². The third kappa shape index (κ3) is 4.35. The minimum absolute atomic E-state index is 0.0636. The number of aliphatic hydroxyl groups excluding tert-OH is 1. The molecule has 2 atom stereocenters. The minimum Gasteiger partial charge on any atom is -0.386 e. The van der Waals surface area contributed by atoms with Gasteiger partial charge in [-0.25, -0.2) is 4.39 Å². The van der Waals surface area contributed by atoms with Gasteiger partial charge < -0.3 is 20.7 Å². The second-order valence-electron chi connectivity index (χ2n) is 5.08. The maximum atomic E-state index is 13.0. The highest BCUT2D eigenvalue weighted by Gasteiger charge is 2.26. The van der Waals surface area contributed by atoms with E-state index in [1.54, 1.807) is 5.32 Å². The van der Waals surface area contributed by atoms with Crippen LogP contribution in [-0.4, -0.2) is 41.2 Å². The number of nitrogens with one attached hydrogen (secondary N) is 1. The summed E-state index contributed by atoms with van der Waals surface area (Å²) in [4.78, 5) is 21.9. The molecule has 10 heteroatoms. The Kier molecular flexibility index (Phi) is 5.75. The molecule has 0 radical (unpaired) electrons. The van der Waals surface area contributed by atoms with Crippen molar-refractivity contribution in [3.05, 3.63) is 41.6 Å². The maximum absolute atomic E-state index is 13.0. The molecule has 0 spiro atoms. The van der Waals surface area contributed by atoms with E-state index in [2.05, 4.69) is 5.16 Å². The largest absolute Gasteiger partial charge is 0.386 e. The van der Waals surface area contributed by atoms with Crippen LogP contribution in [0, 0.1) is 0 Å². The number of aliphatic hydroxyl groups is 1. The molecular weight excluding hydrogens is 343 g/mol. The number of hydrogen-bond donors (Lipinski definition) is 3. The zero-order chi connectivity index (χ0) is 18.6. The van der Waals surface area contributed by atoms with Crippen molar-refractivity contribution in [2.45, 2.75) is 18.6 Å². The van der Waals surface area contributed by atoms with Crippen LogP contribution in [-0.2, 0) is 4.79 Å². The van der Waals surface area contributed by atoms with E-state index in [0.29, 0.717) is 5.56 Å². The Balaban J connectivity index is 2.14. The first-order valence-electron chi connectivity index (χ1n) is 7.03. The Hall–Kier alpha value is -2.88. The molecule has 25 heavy (non-hydrogen) atoms. The molecule has 0 aliphatic carbocycles. The molecule has 1 aromatic heterocycles. The van der Waals surface area contributed by atoms with E-state index in [4.69, 9.17) is 10.3 Å². The predicted molar refractivity (Wildman–Crippen MR) is 79.3 cm³/mol. The zero-order valence-corrected chi connectivity index (χ0v) is 12.7. The molecule has 0 aliphatic heterocycles. The summed E-state index contributed by atoms with van der Waals surface area (Å²) >= 11 is 0. The lowest BCUT2D eigenvalue weighted by Crippen LogP contribution is -2.43. The van der Waals surface area contributed by atoms with Crippen LogP contribution < -0.4 is 11.1 Å². The molecular formula is C15H14F3N3O4.